The molecule has 1 saturated heterocycles. The first-order chi connectivity index (χ1) is 10.9. The van der Waals surface area contributed by atoms with Gasteiger partial charge in [-0.25, -0.2) is 4.39 Å². The first-order valence-corrected chi connectivity index (χ1v) is 8.25. The Morgan fingerprint density at radius 1 is 1.12 bits per heavy atom. The van der Waals surface area contributed by atoms with Crippen LogP contribution in [0.4, 0.5) is 17.6 Å². The summed E-state index contributed by atoms with van der Waals surface area (Å²) >= 11 is 0. The quantitative estimate of drug-likeness (QED) is 0.516. The average molecular weight is 405 g/mol. The second-order valence-electron chi connectivity index (χ2n) is 6.03. The van der Waals surface area contributed by atoms with E-state index in [1.54, 1.807) is 0 Å². The number of benzene rings is 1. The molecule has 25 heavy (non-hydrogen) atoms. The monoisotopic (exact) mass is 404 g/mol. The zero-order valence-electron chi connectivity index (χ0n) is 14.2. The molecule has 0 radical (unpaired) electrons. The Morgan fingerprint density at radius 3 is 2.32 bits per heavy atom. The van der Waals surface area contributed by atoms with Gasteiger partial charge in [0.15, 0.2) is 0 Å². The van der Waals surface area contributed by atoms with Crippen molar-refractivity contribution in [1.82, 2.24) is 10.2 Å². The molecular weight excluding hydrogens is 379 g/mol. The maximum atomic E-state index is 13.7. The standard InChI is InChI=1S/C17H24F4N2.2ClH/c1-2-3-4-5-16(23-10-8-22-9-11-23)14-12-13(18)6-7-15(14)17(19,20)21;;/h6-7,12,16,22H,2-5,8-11H2,1H3;2*1H/t16-;;/m1../s1. The van der Waals surface area contributed by atoms with E-state index >= 15 is 0 Å². The van der Waals surface area contributed by atoms with Gasteiger partial charge in [-0.05, 0) is 30.2 Å². The highest BCUT2D eigenvalue weighted by atomic mass is 35.5. The van der Waals surface area contributed by atoms with Crippen LogP contribution in [-0.4, -0.2) is 31.1 Å². The Kier molecular flexibility index (Phi) is 11.0. The third-order valence-corrected chi connectivity index (χ3v) is 4.35. The second-order valence-corrected chi connectivity index (χ2v) is 6.03. The number of rotatable bonds is 6. The molecule has 0 spiro atoms. The number of nitrogens with zero attached hydrogens (tertiary/aromatic N) is 1. The minimum Gasteiger partial charge on any atom is -0.314 e. The van der Waals surface area contributed by atoms with E-state index in [2.05, 4.69) is 17.1 Å². The maximum Gasteiger partial charge on any atom is 0.416 e. The summed E-state index contributed by atoms with van der Waals surface area (Å²) in [7, 11) is 0. The van der Waals surface area contributed by atoms with Gasteiger partial charge in [0.05, 0.1) is 5.56 Å². The van der Waals surface area contributed by atoms with Crippen molar-refractivity contribution in [3.05, 3.63) is 35.1 Å². The van der Waals surface area contributed by atoms with Crippen LogP contribution in [0, 0.1) is 5.82 Å². The molecule has 1 aromatic carbocycles. The molecule has 0 amide bonds. The number of hydrogen-bond acceptors (Lipinski definition) is 2. The molecule has 2 rings (SSSR count). The molecule has 1 heterocycles. The van der Waals surface area contributed by atoms with E-state index in [9.17, 15) is 17.6 Å². The van der Waals surface area contributed by atoms with Crippen molar-refractivity contribution in [2.45, 2.75) is 44.8 Å². The average Bonchev–Trinajstić information content (AvgIpc) is 2.51. The minimum absolute atomic E-state index is 0. The van der Waals surface area contributed by atoms with Crippen molar-refractivity contribution < 1.29 is 17.6 Å². The Bertz CT molecular complexity index is 506. The predicted octanol–water partition coefficient (Wildman–Crippen LogP) is 5.21. The number of hydrogen-bond donors (Lipinski definition) is 1. The highest BCUT2D eigenvalue weighted by Crippen LogP contribution is 2.38. The van der Waals surface area contributed by atoms with Crippen molar-refractivity contribution in [1.29, 1.82) is 0 Å². The van der Waals surface area contributed by atoms with Crippen molar-refractivity contribution in [3.8, 4) is 0 Å². The van der Waals surface area contributed by atoms with Gasteiger partial charge in [0, 0.05) is 32.2 Å². The van der Waals surface area contributed by atoms with Crippen LogP contribution in [0.3, 0.4) is 0 Å². The van der Waals surface area contributed by atoms with Crippen LogP contribution in [0.15, 0.2) is 18.2 Å². The predicted molar refractivity (Wildman–Crippen MR) is 97.2 cm³/mol. The van der Waals surface area contributed by atoms with Gasteiger partial charge in [0.1, 0.15) is 5.82 Å². The Balaban J connectivity index is 0.00000288. The highest BCUT2D eigenvalue weighted by Gasteiger charge is 2.36. The lowest BCUT2D eigenvalue weighted by Gasteiger charge is -2.36. The lowest BCUT2D eigenvalue weighted by Crippen LogP contribution is -2.45. The first kappa shape index (κ1) is 24.4. The minimum atomic E-state index is -4.46. The summed E-state index contributed by atoms with van der Waals surface area (Å²) in [5.74, 6) is -0.608. The Morgan fingerprint density at radius 2 is 1.76 bits per heavy atom. The number of unbranched alkanes of at least 4 members (excludes halogenated alkanes) is 2. The number of piperazine rings is 1. The van der Waals surface area contributed by atoms with Gasteiger partial charge >= 0.3 is 6.18 Å². The molecule has 1 aliphatic heterocycles. The van der Waals surface area contributed by atoms with Crippen LogP contribution in [-0.2, 0) is 6.18 Å². The molecule has 2 nitrogen and oxygen atoms in total. The van der Waals surface area contributed by atoms with Gasteiger partial charge in [-0.15, -0.1) is 24.8 Å². The zero-order valence-corrected chi connectivity index (χ0v) is 15.9. The van der Waals surface area contributed by atoms with E-state index in [4.69, 9.17) is 0 Å². The van der Waals surface area contributed by atoms with Gasteiger partial charge in [-0.3, -0.25) is 4.90 Å². The molecule has 1 aliphatic rings. The number of nitrogens with one attached hydrogen (secondary N) is 1. The lowest BCUT2D eigenvalue weighted by molar-refractivity contribution is -0.138. The molecule has 1 atom stereocenters. The Hall–Kier alpha value is -0.560. The summed E-state index contributed by atoms with van der Waals surface area (Å²) in [4.78, 5) is 2.05. The van der Waals surface area contributed by atoms with Crippen LogP contribution >= 0.6 is 24.8 Å². The van der Waals surface area contributed by atoms with E-state index in [0.717, 1.165) is 50.6 Å². The van der Waals surface area contributed by atoms with E-state index in [1.165, 1.54) is 0 Å². The molecule has 146 valence electrons. The normalized spacial score (nSPS) is 16.7. The largest absolute Gasteiger partial charge is 0.416 e. The van der Waals surface area contributed by atoms with Gasteiger partial charge in [0.2, 0.25) is 0 Å². The first-order valence-electron chi connectivity index (χ1n) is 8.25. The Labute approximate surface area is 159 Å². The molecular formula is C17H26Cl2F4N2. The summed E-state index contributed by atoms with van der Waals surface area (Å²) < 4.78 is 53.7. The fourth-order valence-corrected chi connectivity index (χ4v) is 3.18. The van der Waals surface area contributed by atoms with Crippen molar-refractivity contribution >= 4 is 24.8 Å². The molecule has 1 aromatic rings. The van der Waals surface area contributed by atoms with Crippen molar-refractivity contribution in [2.24, 2.45) is 0 Å². The fourth-order valence-electron chi connectivity index (χ4n) is 3.18. The SMILES string of the molecule is CCCCC[C@H](c1cc(F)ccc1C(F)(F)F)N1CCNCC1.Cl.Cl. The molecule has 0 aromatic heterocycles. The topological polar surface area (TPSA) is 15.3 Å². The summed E-state index contributed by atoms with van der Waals surface area (Å²) in [6, 6.07) is 2.46. The molecule has 0 aliphatic carbocycles. The van der Waals surface area contributed by atoms with Crippen LogP contribution in [0.5, 0.6) is 0 Å². The number of halogens is 6. The van der Waals surface area contributed by atoms with Crippen LogP contribution in [0.1, 0.15) is 49.8 Å². The lowest BCUT2D eigenvalue weighted by atomic mass is 9.93. The van der Waals surface area contributed by atoms with Gasteiger partial charge in [-0.2, -0.15) is 13.2 Å². The molecule has 0 bridgehead atoms. The zero-order chi connectivity index (χ0) is 16.9. The fraction of sp³-hybridized carbons (Fsp3) is 0.647. The molecule has 1 fully saturated rings. The highest BCUT2D eigenvalue weighted by molar-refractivity contribution is 5.85. The second kappa shape index (κ2) is 11.2. The maximum absolute atomic E-state index is 13.7. The van der Waals surface area contributed by atoms with E-state index in [1.807, 2.05) is 0 Å². The third kappa shape index (κ3) is 6.93. The summed E-state index contributed by atoms with van der Waals surface area (Å²) in [6.45, 7) is 4.93. The van der Waals surface area contributed by atoms with Gasteiger partial charge < -0.3 is 5.32 Å². The smallest absolute Gasteiger partial charge is 0.314 e. The number of alkyl halides is 3. The molecule has 8 heteroatoms. The third-order valence-electron chi connectivity index (χ3n) is 4.35. The van der Waals surface area contributed by atoms with Crippen molar-refractivity contribution in [2.75, 3.05) is 26.2 Å². The van der Waals surface area contributed by atoms with Gasteiger partial charge in [-0.1, -0.05) is 26.2 Å². The van der Waals surface area contributed by atoms with Crippen LogP contribution in [0.25, 0.3) is 0 Å². The molecule has 0 saturated carbocycles. The van der Waals surface area contributed by atoms with Crippen LogP contribution in [0.2, 0.25) is 0 Å². The van der Waals surface area contributed by atoms with E-state index < -0.39 is 17.6 Å². The van der Waals surface area contributed by atoms with Crippen LogP contribution < -0.4 is 5.32 Å². The summed E-state index contributed by atoms with van der Waals surface area (Å²) in [5.41, 5.74) is -0.630. The molecule has 1 N–H and O–H groups in total. The summed E-state index contributed by atoms with van der Waals surface area (Å²) in [5, 5.41) is 3.21. The van der Waals surface area contributed by atoms with E-state index in [-0.39, 0.29) is 36.4 Å². The van der Waals surface area contributed by atoms with Crippen molar-refractivity contribution in [3.63, 3.8) is 0 Å². The molecule has 0 unspecified atom stereocenters. The van der Waals surface area contributed by atoms with Gasteiger partial charge in [0.25, 0.3) is 0 Å². The van der Waals surface area contributed by atoms with E-state index in [0.29, 0.717) is 19.5 Å². The summed E-state index contributed by atoms with van der Waals surface area (Å²) in [6.07, 6.45) is -1.01.